The zero-order chi connectivity index (χ0) is 17.2. The van der Waals surface area contributed by atoms with Gasteiger partial charge < -0.3 is 4.74 Å². The third-order valence-electron chi connectivity index (χ3n) is 4.04. The Morgan fingerprint density at radius 2 is 1.92 bits per heavy atom. The van der Waals surface area contributed by atoms with E-state index in [9.17, 15) is 4.79 Å². The quantitative estimate of drug-likeness (QED) is 0.414. The Bertz CT molecular complexity index is 1050. The van der Waals surface area contributed by atoms with Crippen LogP contribution in [-0.4, -0.2) is 20.3 Å². The maximum atomic E-state index is 11.6. The molecule has 0 N–H and O–H groups in total. The second-order valence-electron chi connectivity index (χ2n) is 5.82. The zero-order valence-electron chi connectivity index (χ0n) is 13.8. The number of aromatic nitrogens is 3. The second kappa shape index (κ2) is 6.36. The van der Waals surface area contributed by atoms with Crippen molar-refractivity contribution in [1.82, 2.24) is 14.4 Å². The average molecular weight is 331 g/mol. The second-order valence-corrected chi connectivity index (χ2v) is 5.82. The van der Waals surface area contributed by atoms with Gasteiger partial charge in [-0.1, -0.05) is 19.1 Å². The molecule has 0 bridgehead atoms. The standard InChI is InChI=1S/C20H17N3O2/c1-2-5-18(24)25-15-10-8-14(9-11-15)19-20-21-12-13-23(20)17-7-4-3-6-16(17)22-19/h3-4,6-13H,2,5H2,1H3. The highest BCUT2D eigenvalue weighted by atomic mass is 16.5. The van der Waals surface area contributed by atoms with Gasteiger partial charge in [0.1, 0.15) is 11.4 Å². The number of para-hydroxylation sites is 2. The van der Waals surface area contributed by atoms with Crippen LogP contribution in [0.15, 0.2) is 60.9 Å². The highest BCUT2D eigenvalue weighted by Gasteiger charge is 2.11. The fourth-order valence-corrected chi connectivity index (χ4v) is 2.87. The summed E-state index contributed by atoms with van der Waals surface area (Å²) in [4.78, 5) is 20.8. The van der Waals surface area contributed by atoms with E-state index in [4.69, 9.17) is 9.72 Å². The van der Waals surface area contributed by atoms with Crippen molar-refractivity contribution in [2.24, 2.45) is 0 Å². The van der Waals surface area contributed by atoms with Crippen molar-refractivity contribution in [2.45, 2.75) is 19.8 Å². The molecule has 0 atom stereocenters. The van der Waals surface area contributed by atoms with Crippen LogP contribution in [0.5, 0.6) is 5.75 Å². The van der Waals surface area contributed by atoms with E-state index in [-0.39, 0.29) is 5.97 Å². The summed E-state index contributed by atoms with van der Waals surface area (Å²) in [5.41, 5.74) is 4.45. The fourth-order valence-electron chi connectivity index (χ4n) is 2.87. The van der Waals surface area contributed by atoms with Gasteiger partial charge in [-0.2, -0.15) is 0 Å². The molecule has 4 rings (SSSR count). The molecule has 0 radical (unpaired) electrons. The summed E-state index contributed by atoms with van der Waals surface area (Å²) in [5, 5.41) is 0. The Balaban J connectivity index is 1.76. The number of hydrogen-bond donors (Lipinski definition) is 0. The van der Waals surface area contributed by atoms with Gasteiger partial charge in [-0.15, -0.1) is 0 Å². The summed E-state index contributed by atoms with van der Waals surface area (Å²) < 4.78 is 7.34. The van der Waals surface area contributed by atoms with E-state index < -0.39 is 0 Å². The lowest BCUT2D eigenvalue weighted by Gasteiger charge is -2.08. The van der Waals surface area contributed by atoms with Crippen molar-refractivity contribution in [1.29, 1.82) is 0 Å². The zero-order valence-corrected chi connectivity index (χ0v) is 13.8. The Kier molecular flexibility index (Phi) is 3.90. The molecule has 0 spiro atoms. The number of nitrogens with zero attached hydrogens (tertiary/aromatic N) is 3. The lowest BCUT2D eigenvalue weighted by molar-refractivity contribution is -0.134. The number of esters is 1. The van der Waals surface area contributed by atoms with Gasteiger partial charge in [0, 0.05) is 24.4 Å². The van der Waals surface area contributed by atoms with E-state index in [1.165, 1.54) is 0 Å². The SMILES string of the molecule is CCCC(=O)Oc1ccc(-c2nc3ccccc3n3ccnc23)cc1. The van der Waals surface area contributed by atoms with Crippen molar-refractivity contribution in [3.8, 4) is 17.0 Å². The lowest BCUT2D eigenvalue weighted by Crippen LogP contribution is -2.06. The summed E-state index contributed by atoms with van der Waals surface area (Å²) in [6.45, 7) is 1.95. The third-order valence-corrected chi connectivity index (χ3v) is 4.04. The van der Waals surface area contributed by atoms with Crippen molar-refractivity contribution in [3.63, 3.8) is 0 Å². The molecule has 0 aliphatic carbocycles. The topological polar surface area (TPSA) is 56.5 Å². The molecule has 2 aromatic carbocycles. The number of benzene rings is 2. The molecule has 2 heterocycles. The Morgan fingerprint density at radius 3 is 2.72 bits per heavy atom. The summed E-state index contributed by atoms with van der Waals surface area (Å²) in [6, 6.07) is 15.4. The first-order valence-corrected chi connectivity index (χ1v) is 8.29. The molecule has 0 unspecified atom stereocenters. The lowest BCUT2D eigenvalue weighted by atomic mass is 10.1. The minimum atomic E-state index is -0.213. The summed E-state index contributed by atoms with van der Waals surface area (Å²) in [6.07, 6.45) is 4.90. The number of carbonyl (C=O) groups excluding carboxylic acids is 1. The molecule has 0 amide bonds. The van der Waals surface area contributed by atoms with Crippen LogP contribution >= 0.6 is 0 Å². The first-order chi connectivity index (χ1) is 12.3. The maximum absolute atomic E-state index is 11.6. The van der Waals surface area contributed by atoms with Gasteiger partial charge in [-0.3, -0.25) is 9.20 Å². The molecule has 25 heavy (non-hydrogen) atoms. The summed E-state index contributed by atoms with van der Waals surface area (Å²) in [7, 11) is 0. The molecular formula is C20H17N3O2. The molecule has 5 heteroatoms. The van der Waals surface area contributed by atoms with Crippen molar-refractivity contribution in [3.05, 3.63) is 60.9 Å². The van der Waals surface area contributed by atoms with E-state index in [0.717, 1.165) is 34.4 Å². The Labute approximate surface area is 144 Å². The summed E-state index contributed by atoms with van der Waals surface area (Å²) in [5.74, 6) is 0.331. The third kappa shape index (κ3) is 2.85. The molecule has 4 aromatic rings. The van der Waals surface area contributed by atoms with Crippen LogP contribution in [0.1, 0.15) is 19.8 Å². The van der Waals surface area contributed by atoms with E-state index in [2.05, 4.69) is 4.98 Å². The molecule has 0 aliphatic heterocycles. The molecular weight excluding hydrogens is 314 g/mol. The first-order valence-electron chi connectivity index (χ1n) is 8.29. The van der Waals surface area contributed by atoms with Gasteiger partial charge in [-0.05, 0) is 42.8 Å². The highest BCUT2D eigenvalue weighted by Crippen LogP contribution is 2.27. The van der Waals surface area contributed by atoms with Gasteiger partial charge in [0.25, 0.3) is 0 Å². The van der Waals surface area contributed by atoms with E-state index in [1.807, 2.05) is 53.9 Å². The highest BCUT2D eigenvalue weighted by molar-refractivity contribution is 5.85. The molecule has 0 saturated heterocycles. The van der Waals surface area contributed by atoms with Crippen LogP contribution in [-0.2, 0) is 4.79 Å². The fraction of sp³-hybridized carbons (Fsp3) is 0.150. The van der Waals surface area contributed by atoms with Crippen LogP contribution in [0.4, 0.5) is 0 Å². The van der Waals surface area contributed by atoms with Crippen LogP contribution in [0, 0.1) is 0 Å². The number of ether oxygens (including phenoxy) is 1. The van der Waals surface area contributed by atoms with Crippen LogP contribution in [0.3, 0.4) is 0 Å². The van der Waals surface area contributed by atoms with Crippen molar-refractivity contribution < 1.29 is 9.53 Å². The van der Waals surface area contributed by atoms with Gasteiger partial charge in [0.15, 0.2) is 5.65 Å². The van der Waals surface area contributed by atoms with E-state index in [0.29, 0.717) is 12.2 Å². The Hall–Kier alpha value is -3.21. The molecule has 2 aromatic heterocycles. The minimum absolute atomic E-state index is 0.213. The monoisotopic (exact) mass is 331 g/mol. The maximum Gasteiger partial charge on any atom is 0.311 e. The van der Waals surface area contributed by atoms with Gasteiger partial charge in [0.2, 0.25) is 0 Å². The van der Waals surface area contributed by atoms with E-state index in [1.54, 1.807) is 18.3 Å². The minimum Gasteiger partial charge on any atom is -0.427 e. The van der Waals surface area contributed by atoms with Crippen LogP contribution in [0.2, 0.25) is 0 Å². The number of rotatable bonds is 4. The van der Waals surface area contributed by atoms with Crippen LogP contribution < -0.4 is 4.74 Å². The molecule has 0 saturated carbocycles. The predicted molar refractivity (Wildman–Crippen MR) is 96.5 cm³/mol. The number of hydrogen-bond acceptors (Lipinski definition) is 4. The van der Waals surface area contributed by atoms with Crippen LogP contribution in [0.25, 0.3) is 27.9 Å². The number of imidazole rings is 1. The smallest absolute Gasteiger partial charge is 0.311 e. The summed E-state index contributed by atoms with van der Waals surface area (Å²) >= 11 is 0. The average Bonchev–Trinajstić information content (AvgIpc) is 3.12. The Morgan fingerprint density at radius 1 is 1.12 bits per heavy atom. The predicted octanol–water partition coefficient (Wildman–Crippen LogP) is 4.26. The van der Waals surface area contributed by atoms with Gasteiger partial charge >= 0.3 is 5.97 Å². The van der Waals surface area contributed by atoms with Gasteiger partial charge in [0.05, 0.1) is 11.0 Å². The number of carbonyl (C=O) groups is 1. The van der Waals surface area contributed by atoms with Crippen molar-refractivity contribution >= 4 is 22.6 Å². The molecule has 5 nitrogen and oxygen atoms in total. The van der Waals surface area contributed by atoms with Crippen molar-refractivity contribution in [2.75, 3.05) is 0 Å². The molecule has 0 aliphatic rings. The van der Waals surface area contributed by atoms with E-state index >= 15 is 0 Å². The normalized spacial score (nSPS) is 11.1. The first kappa shape index (κ1) is 15.3. The molecule has 0 fully saturated rings. The van der Waals surface area contributed by atoms with Gasteiger partial charge in [-0.25, -0.2) is 9.97 Å². The molecule has 124 valence electrons. The largest absolute Gasteiger partial charge is 0.427 e. The number of fused-ring (bicyclic) bond motifs is 3.